The number of anilines is 1. The smallest absolute Gasteiger partial charge is 0.278 e. The number of rotatable bonds is 8. The molecule has 2 aromatic carbocycles. The van der Waals surface area contributed by atoms with Gasteiger partial charge in [-0.3, -0.25) is 14.5 Å². The number of ether oxygens (including phenoxy) is 1. The third-order valence-corrected chi connectivity index (χ3v) is 4.58. The number of nitrogens with zero attached hydrogens (tertiary/aromatic N) is 1. The van der Waals surface area contributed by atoms with Gasteiger partial charge in [-0.05, 0) is 49.6 Å². The molecule has 28 heavy (non-hydrogen) atoms. The summed E-state index contributed by atoms with van der Waals surface area (Å²) in [5.41, 5.74) is 2.66. The summed E-state index contributed by atoms with van der Waals surface area (Å²) >= 11 is 0. The molecule has 0 spiro atoms. The van der Waals surface area contributed by atoms with Crippen LogP contribution in [0.25, 0.3) is 5.57 Å². The normalized spacial score (nSPS) is 14.2. The molecule has 2 aromatic rings. The number of hydrogen-bond acceptors (Lipinski definition) is 4. The predicted molar refractivity (Wildman–Crippen MR) is 106 cm³/mol. The lowest BCUT2D eigenvalue weighted by atomic mass is 10.0. The van der Waals surface area contributed by atoms with E-state index in [4.69, 9.17) is 4.74 Å². The highest BCUT2D eigenvalue weighted by Gasteiger charge is 2.38. The number of para-hydroxylation sites is 1. The van der Waals surface area contributed by atoms with E-state index in [1.807, 2.05) is 38.1 Å². The molecule has 6 heteroatoms. The molecule has 0 aliphatic carbocycles. The summed E-state index contributed by atoms with van der Waals surface area (Å²) in [6, 6.07) is 13.1. The highest BCUT2D eigenvalue weighted by molar-refractivity contribution is 6.36. The Hall–Kier alpha value is -2.99. The average molecular weight is 382 g/mol. The Labute approximate surface area is 163 Å². The second-order valence-corrected chi connectivity index (χ2v) is 6.51. The van der Waals surface area contributed by atoms with Crippen LogP contribution in [-0.2, 0) is 14.3 Å². The van der Waals surface area contributed by atoms with E-state index in [1.54, 1.807) is 0 Å². The molecule has 1 heterocycles. The van der Waals surface area contributed by atoms with Gasteiger partial charge in [0, 0.05) is 25.4 Å². The lowest BCUT2D eigenvalue weighted by Gasteiger charge is -2.15. The van der Waals surface area contributed by atoms with E-state index in [-0.39, 0.29) is 29.6 Å². The second-order valence-electron chi connectivity index (χ2n) is 6.51. The highest BCUT2D eigenvalue weighted by atomic mass is 19.1. The van der Waals surface area contributed by atoms with Gasteiger partial charge in [0.25, 0.3) is 11.8 Å². The first-order valence-electron chi connectivity index (χ1n) is 9.29. The first-order chi connectivity index (χ1) is 13.5. The zero-order valence-corrected chi connectivity index (χ0v) is 16.0. The van der Waals surface area contributed by atoms with E-state index in [9.17, 15) is 14.0 Å². The number of carbonyl (C=O) groups excluding carboxylic acids is 2. The molecule has 0 radical (unpaired) electrons. The van der Waals surface area contributed by atoms with E-state index >= 15 is 0 Å². The maximum Gasteiger partial charge on any atom is 0.278 e. The molecular formula is C22H23FN2O3. The summed E-state index contributed by atoms with van der Waals surface area (Å²) in [5.74, 6) is -1.17. The zero-order chi connectivity index (χ0) is 20.1. The minimum Gasteiger partial charge on any atom is -0.382 e. The molecule has 1 aliphatic rings. The van der Waals surface area contributed by atoms with Crippen LogP contribution < -0.4 is 5.32 Å². The molecule has 3 rings (SSSR count). The first-order valence-corrected chi connectivity index (χ1v) is 9.29. The van der Waals surface area contributed by atoms with Crippen LogP contribution in [0.2, 0.25) is 0 Å². The van der Waals surface area contributed by atoms with Crippen molar-refractivity contribution in [3.63, 3.8) is 0 Å². The molecule has 2 amide bonds. The lowest BCUT2D eigenvalue weighted by Crippen LogP contribution is -2.34. The molecule has 0 unspecified atom stereocenters. The van der Waals surface area contributed by atoms with E-state index in [0.29, 0.717) is 25.2 Å². The van der Waals surface area contributed by atoms with E-state index in [2.05, 4.69) is 5.32 Å². The number of carbonyl (C=O) groups is 2. The Bertz CT molecular complexity index is 906. The molecule has 0 aromatic heterocycles. The summed E-state index contributed by atoms with van der Waals surface area (Å²) in [6.07, 6.45) is 0.555. The third kappa shape index (κ3) is 4.12. The van der Waals surface area contributed by atoms with Gasteiger partial charge in [-0.25, -0.2) is 4.39 Å². The molecule has 0 bridgehead atoms. The maximum atomic E-state index is 13.4. The van der Waals surface area contributed by atoms with Crippen LogP contribution in [0.3, 0.4) is 0 Å². The SMILES string of the molecule is CCOCCCN1C(=O)C(Nc2ccccc2C)=C(c2ccc(F)cc2)C1=O. The molecular weight excluding hydrogens is 359 g/mol. The third-order valence-electron chi connectivity index (χ3n) is 4.58. The summed E-state index contributed by atoms with van der Waals surface area (Å²) in [7, 11) is 0. The summed E-state index contributed by atoms with van der Waals surface area (Å²) in [5, 5.41) is 3.13. The molecule has 146 valence electrons. The number of halogens is 1. The zero-order valence-electron chi connectivity index (χ0n) is 16.0. The van der Waals surface area contributed by atoms with Crippen molar-refractivity contribution in [1.82, 2.24) is 4.90 Å². The Balaban J connectivity index is 1.95. The molecule has 5 nitrogen and oxygen atoms in total. The number of nitrogens with one attached hydrogen (secondary N) is 1. The molecule has 0 atom stereocenters. The lowest BCUT2D eigenvalue weighted by molar-refractivity contribution is -0.137. The van der Waals surface area contributed by atoms with Gasteiger partial charge < -0.3 is 10.1 Å². The van der Waals surface area contributed by atoms with Crippen LogP contribution in [0.5, 0.6) is 0 Å². The second kappa shape index (κ2) is 8.80. The maximum absolute atomic E-state index is 13.4. The fourth-order valence-electron chi connectivity index (χ4n) is 3.10. The quantitative estimate of drug-likeness (QED) is 0.558. The fraction of sp³-hybridized carbons (Fsp3) is 0.273. The van der Waals surface area contributed by atoms with Crippen molar-refractivity contribution in [2.75, 3.05) is 25.1 Å². The molecule has 1 N–H and O–H groups in total. The van der Waals surface area contributed by atoms with Crippen molar-refractivity contribution in [1.29, 1.82) is 0 Å². The van der Waals surface area contributed by atoms with Crippen LogP contribution in [0.15, 0.2) is 54.2 Å². The minimum atomic E-state index is -0.400. The summed E-state index contributed by atoms with van der Waals surface area (Å²) in [4.78, 5) is 27.3. The van der Waals surface area contributed by atoms with E-state index in [0.717, 1.165) is 11.3 Å². The monoisotopic (exact) mass is 382 g/mol. The topological polar surface area (TPSA) is 58.6 Å². The van der Waals surface area contributed by atoms with E-state index < -0.39 is 5.82 Å². The van der Waals surface area contributed by atoms with Crippen molar-refractivity contribution in [2.45, 2.75) is 20.3 Å². The van der Waals surface area contributed by atoms with Gasteiger partial charge in [-0.15, -0.1) is 0 Å². The average Bonchev–Trinajstić information content (AvgIpc) is 2.92. The van der Waals surface area contributed by atoms with Gasteiger partial charge in [0.2, 0.25) is 0 Å². The Morgan fingerprint density at radius 2 is 1.75 bits per heavy atom. The highest BCUT2D eigenvalue weighted by Crippen LogP contribution is 2.31. The minimum absolute atomic E-state index is 0.210. The predicted octanol–water partition coefficient (Wildman–Crippen LogP) is 3.75. The Kier molecular flexibility index (Phi) is 6.21. The number of hydrogen-bond donors (Lipinski definition) is 1. The number of imide groups is 1. The van der Waals surface area contributed by atoms with Crippen molar-refractivity contribution in [2.24, 2.45) is 0 Å². The first kappa shape index (κ1) is 19.8. The largest absolute Gasteiger partial charge is 0.382 e. The van der Waals surface area contributed by atoms with Crippen LogP contribution in [-0.4, -0.2) is 36.5 Å². The van der Waals surface area contributed by atoms with Gasteiger partial charge in [-0.2, -0.15) is 0 Å². The summed E-state index contributed by atoms with van der Waals surface area (Å²) in [6.45, 7) is 5.13. The van der Waals surface area contributed by atoms with Gasteiger partial charge in [0.05, 0.1) is 5.57 Å². The number of benzene rings is 2. The van der Waals surface area contributed by atoms with Crippen LogP contribution in [0, 0.1) is 12.7 Å². The fourth-order valence-corrected chi connectivity index (χ4v) is 3.10. The van der Waals surface area contributed by atoms with Crippen LogP contribution >= 0.6 is 0 Å². The van der Waals surface area contributed by atoms with Crippen molar-refractivity contribution < 1.29 is 18.7 Å². The Morgan fingerprint density at radius 3 is 2.43 bits per heavy atom. The number of aryl methyl sites for hydroxylation is 1. The van der Waals surface area contributed by atoms with Crippen LogP contribution in [0.1, 0.15) is 24.5 Å². The van der Waals surface area contributed by atoms with Gasteiger partial charge in [0.15, 0.2) is 0 Å². The number of amides is 2. The molecule has 1 aliphatic heterocycles. The summed E-state index contributed by atoms with van der Waals surface area (Å²) < 4.78 is 18.7. The molecule has 0 saturated carbocycles. The van der Waals surface area contributed by atoms with E-state index in [1.165, 1.54) is 29.2 Å². The van der Waals surface area contributed by atoms with Crippen molar-refractivity contribution in [3.8, 4) is 0 Å². The van der Waals surface area contributed by atoms with Crippen LogP contribution in [0.4, 0.5) is 10.1 Å². The van der Waals surface area contributed by atoms with Gasteiger partial charge >= 0.3 is 0 Å². The molecule has 0 saturated heterocycles. The van der Waals surface area contributed by atoms with Crippen molar-refractivity contribution in [3.05, 3.63) is 71.2 Å². The Morgan fingerprint density at radius 1 is 1.04 bits per heavy atom. The van der Waals surface area contributed by atoms with Gasteiger partial charge in [0.1, 0.15) is 11.5 Å². The van der Waals surface area contributed by atoms with Gasteiger partial charge in [-0.1, -0.05) is 30.3 Å². The van der Waals surface area contributed by atoms with Crippen molar-refractivity contribution >= 4 is 23.1 Å². The molecule has 0 fully saturated rings. The standard InChI is InChI=1S/C22H23FN2O3/c1-3-28-14-6-13-25-21(26)19(16-9-11-17(23)12-10-16)20(22(25)27)24-18-8-5-4-7-15(18)2/h4-5,7-12,24H,3,6,13-14H2,1-2H3.